The normalized spacial score (nSPS) is 10.7. The Kier molecular flexibility index (Phi) is 7.33. The van der Waals surface area contributed by atoms with Gasteiger partial charge in [-0.15, -0.1) is 0 Å². The fourth-order valence-corrected chi connectivity index (χ4v) is 4.01. The van der Waals surface area contributed by atoms with E-state index in [0.717, 1.165) is 11.1 Å². The molecule has 4 aromatic carbocycles. The molecular formula is C29H25FN2O3. The van der Waals surface area contributed by atoms with Crippen LogP contribution in [0.5, 0.6) is 0 Å². The van der Waals surface area contributed by atoms with E-state index in [4.69, 9.17) is 5.73 Å². The predicted molar refractivity (Wildman–Crippen MR) is 135 cm³/mol. The molecule has 0 aliphatic heterocycles. The van der Waals surface area contributed by atoms with Gasteiger partial charge in [0.2, 0.25) is 0 Å². The maximum absolute atomic E-state index is 14.3. The van der Waals surface area contributed by atoms with E-state index in [1.165, 1.54) is 12.1 Å². The second kappa shape index (κ2) is 10.8. The molecule has 0 heterocycles. The topological polar surface area (TPSA) is 92.4 Å². The number of halogens is 1. The second-order valence-corrected chi connectivity index (χ2v) is 8.32. The van der Waals surface area contributed by atoms with E-state index in [-0.39, 0.29) is 18.9 Å². The molecule has 0 saturated heterocycles. The lowest BCUT2D eigenvalue weighted by Crippen LogP contribution is -2.15. The first-order chi connectivity index (χ1) is 16.9. The highest BCUT2D eigenvalue weighted by molar-refractivity contribution is 6.05. The quantitative estimate of drug-likeness (QED) is 0.322. The molecule has 0 aromatic heterocycles. The Bertz CT molecular complexity index is 1370. The first kappa shape index (κ1) is 23.9. The number of nitrogens with one attached hydrogen (secondary N) is 1. The highest BCUT2D eigenvalue weighted by Crippen LogP contribution is 2.27. The summed E-state index contributed by atoms with van der Waals surface area (Å²) < 4.78 is 14.3. The summed E-state index contributed by atoms with van der Waals surface area (Å²) in [6.45, 7) is 0.197. The Morgan fingerprint density at radius 3 is 2.23 bits per heavy atom. The minimum Gasteiger partial charge on any atom is -0.481 e. The number of nitrogens with two attached hydrogens (primary N) is 1. The Balaban J connectivity index is 1.74. The second-order valence-electron chi connectivity index (χ2n) is 8.32. The Hall–Kier alpha value is -4.29. The van der Waals surface area contributed by atoms with Crippen LogP contribution >= 0.6 is 0 Å². The van der Waals surface area contributed by atoms with Crippen molar-refractivity contribution < 1.29 is 19.1 Å². The van der Waals surface area contributed by atoms with Gasteiger partial charge in [0.1, 0.15) is 5.82 Å². The van der Waals surface area contributed by atoms with E-state index in [0.29, 0.717) is 39.9 Å². The number of para-hydroxylation sites is 1. The number of carbonyl (C=O) groups is 2. The van der Waals surface area contributed by atoms with Gasteiger partial charge in [-0.3, -0.25) is 9.59 Å². The number of amides is 1. The SMILES string of the molecule is NCc1cc(F)cc(-c2cc(Cc3ccccc3)cc(C(=O)Nc3ccccc3CC(=O)O)c2)c1. The number of carboxylic acid groups (broad SMARTS) is 1. The Labute approximate surface area is 203 Å². The van der Waals surface area contributed by atoms with Gasteiger partial charge in [0, 0.05) is 17.8 Å². The third kappa shape index (κ3) is 6.19. The van der Waals surface area contributed by atoms with Crippen LogP contribution in [0.25, 0.3) is 11.1 Å². The Morgan fingerprint density at radius 2 is 1.49 bits per heavy atom. The molecule has 0 saturated carbocycles. The maximum Gasteiger partial charge on any atom is 0.307 e. The minimum absolute atomic E-state index is 0.197. The first-order valence-electron chi connectivity index (χ1n) is 11.2. The van der Waals surface area contributed by atoms with Crippen LogP contribution in [0.15, 0.2) is 91.0 Å². The lowest BCUT2D eigenvalue weighted by molar-refractivity contribution is -0.136. The lowest BCUT2D eigenvalue weighted by atomic mass is 9.95. The summed E-state index contributed by atoms with van der Waals surface area (Å²) in [7, 11) is 0. The molecule has 0 atom stereocenters. The fraction of sp³-hybridized carbons (Fsp3) is 0.103. The van der Waals surface area contributed by atoms with Crippen molar-refractivity contribution in [3.63, 3.8) is 0 Å². The Morgan fingerprint density at radius 1 is 0.800 bits per heavy atom. The number of rotatable bonds is 8. The number of anilines is 1. The molecule has 4 N–H and O–H groups in total. The molecule has 0 radical (unpaired) electrons. The van der Waals surface area contributed by atoms with Crippen molar-refractivity contribution in [2.24, 2.45) is 5.73 Å². The maximum atomic E-state index is 14.3. The van der Waals surface area contributed by atoms with Crippen molar-refractivity contribution in [2.45, 2.75) is 19.4 Å². The highest BCUT2D eigenvalue weighted by atomic mass is 19.1. The van der Waals surface area contributed by atoms with E-state index in [9.17, 15) is 19.1 Å². The molecule has 5 nitrogen and oxygen atoms in total. The summed E-state index contributed by atoms with van der Waals surface area (Å²) in [4.78, 5) is 24.5. The molecule has 1 amide bonds. The van der Waals surface area contributed by atoms with Crippen LogP contribution in [-0.4, -0.2) is 17.0 Å². The molecule has 6 heteroatoms. The first-order valence-corrected chi connectivity index (χ1v) is 11.2. The van der Waals surface area contributed by atoms with Crippen LogP contribution in [0, 0.1) is 5.82 Å². The summed E-state index contributed by atoms with van der Waals surface area (Å²) in [5, 5.41) is 12.0. The molecule has 0 spiro atoms. The van der Waals surface area contributed by atoms with Crippen LogP contribution in [0.1, 0.15) is 32.6 Å². The largest absolute Gasteiger partial charge is 0.481 e. The van der Waals surface area contributed by atoms with Gasteiger partial charge < -0.3 is 16.2 Å². The number of carboxylic acids is 1. The minimum atomic E-state index is -0.986. The van der Waals surface area contributed by atoms with E-state index in [2.05, 4.69) is 5.32 Å². The lowest BCUT2D eigenvalue weighted by Gasteiger charge is -2.13. The van der Waals surface area contributed by atoms with Crippen molar-refractivity contribution in [2.75, 3.05) is 5.32 Å². The standard InChI is InChI=1S/C29H25FN2O3/c30-26-14-21(18-31)13-24(16-26)23-11-20(10-19-6-2-1-3-7-19)12-25(15-23)29(35)32-27-9-5-4-8-22(27)17-28(33)34/h1-9,11-16H,10,17-18,31H2,(H,32,35)(H,33,34). The molecule has 4 aromatic rings. The van der Waals surface area contributed by atoms with E-state index < -0.39 is 11.8 Å². The van der Waals surface area contributed by atoms with Gasteiger partial charge in [-0.1, -0.05) is 54.6 Å². The van der Waals surface area contributed by atoms with Gasteiger partial charge >= 0.3 is 5.97 Å². The molecule has 176 valence electrons. The zero-order chi connectivity index (χ0) is 24.8. The zero-order valence-electron chi connectivity index (χ0n) is 19.0. The molecule has 0 aliphatic carbocycles. The van der Waals surface area contributed by atoms with Crippen LogP contribution in [0.4, 0.5) is 10.1 Å². The van der Waals surface area contributed by atoms with Crippen molar-refractivity contribution in [3.8, 4) is 11.1 Å². The zero-order valence-corrected chi connectivity index (χ0v) is 19.0. The average Bonchev–Trinajstić information content (AvgIpc) is 2.85. The molecular weight excluding hydrogens is 443 g/mol. The third-order valence-corrected chi connectivity index (χ3v) is 5.64. The van der Waals surface area contributed by atoms with E-state index in [1.54, 1.807) is 36.4 Å². The van der Waals surface area contributed by atoms with Crippen molar-refractivity contribution in [1.29, 1.82) is 0 Å². The van der Waals surface area contributed by atoms with Gasteiger partial charge in [0.15, 0.2) is 0 Å². The molecule has 4 rings (SSSR count). The van der Waals surface area contributed by atoms with Gasteiger partial charge in [-0.2, -0.15) is 0 Å². The molecule has 0 unspecified atom stereocenters. The number of hydrogen-bond acceptors (Lipinski definition) is 3. The molecule has 0 aliphatic rings. The van der Waals surface area contributed by atoms with Crippen molar-refractivity contribution >= 4 is 17.6 Å². The van der Waals surface area contributed by atoms with E-state index >= 15 is 0 Å². The average molecular weight is 469 g/mol. The summed E-state index contributed by atoms with van der Waals surface area (Å²) in [6, 6.07) is 26.7. The molecule has 0 bridgehead atoms. The number of hydrogen-bond donors (Lipinski definition) is 3. The van der Waals surface area contributed by atoms with Crippen LogP contribution in [0.3, 0.4) is 0 Å². The van der Waals surface area contributed by atoms with Crippen molar-refractivity contribution in [3.05, 3.63) is 125 Å². The van der Waals surface area contributed by atoms with Gasteiger partial charge in [0.05, 0.1) is 6.42 Å². The van der Waals surface area contributed by atoms with Crippen LogP contribution < -0.4 is 11.1 Å². The fourth-order valence-electron chi connectivity index (χ4n) is 4.01. The van der Waals surface area contributed by atoms with Crippen molar-refractivity contribution in [1.82, 2.24) is 0 Å². The molecule has 35 heavy (non-hydrogen) atoms. The van der Waals surface area contributed by atoms with Gasteiger partial charge in [-0.25, -0.2) is 4.39 Å². The number of aliphatic carboxylic acids is 1. The summed E-state index contributed by atoms with van der Waals surface area (Å²) >= 11 is 0. The number of benzene rings is 4. The van der Waals surface area contributed by atoms with E-state index in [1.807, 2.05) is 42.5 Å². The van der Waals surface area contributed by atoms with Gasteiger partial charge in [-0.05, 0) is 76.2 Å². The predicted octanol–water partition coefficient (Wildman–Crippen LogP) is 5.42. The summed E-state index contributed by atoms with van der Waals surface area (Å²) in [5.74, 6) is -1.76. The van der Waals surface area contributed by atoms with Gasteiger partial charge in [0.25, 0.3) is 5.91 Å². The summed E-state index contributed by atoms with van der Waals surface area (Å²) in [5.41, 5.74) is 11.0. The molecule has 0 fully saturated rings. The highest BCUT2D eigenvalue weighted by Gasteiger charge is 2.14. The monoisotopic (exact) mass is 468 g/mol. The summed E-state index contributed by atoms with van der Waals surface area (Å²) in [6.07, 6.45) is 0.379. The number of carbonyl (C=O) groups excluding carboxylic acids is 1. The van der Waals surface area contributed by atoms with Crippen LogP contribution in [0.2, 0.25) is 0 Å². The third-order valence-electron chi connectivity index (χ3n) is 5.64. The smallest absolute Gasteiger partial charge is 0.307 e. The van der Waals surface area contributed by atoms with Crippen LogP contribution in [-0.2, 0) is 24.2 Å².